The Balaban J connectivity index is 1.90. The summed E-state index contributed by atoms with van der Waals surface area (Å²) in [4.78, 5) is 4.01. The number of halogens is 1. The number of sulfonamides is 1. The van der Waals surface area contributed by atoms with Gasteiger partial charge in [-0.15, -0.1) is 0 Å². The zero-order valence-corrected chi connectivity index (χ0v) is 13.0. The van der Waals surface area contributed by atoms with Crippen molar-refractivity contribution >= 4 is 31.8 Å². The minimum Gasteiger partial charge on any atom is -0.314 e. The molecule has 7 heteroatoms. The van der Waals surface area contributed by atoms with Crippen LogP contribution in [0.3, 0.4) is 0 Å². The number of nitrogens with one attached hydrogen (secondary N) is 2. The van der Waals surface area contributed by atoms with Gasteiger partial charge in [-0.25, -0.2) is 13.4 Å². The van der Waals surface area contributed by atoms with Gasteiger partial charge < -0.3 is 5.32 Å². The van der Waals surface area contributed by atoms with Gasteiger partial charge in [0.1, 0.15) is 0 Å². The quantitative estimate of drug-likeness (QED) is 0.855. The Kier molecular flexibility index (Phi) is 5.18. The molecular weight excluding hydrogens is 330 g/mol. The molecule has 0 aliphatic carbocycles. The molecule has 2 N–H and O–H groups in total. The summed E-state index contributed by atoms with van der Waals surface area (Å²) in [5.41, 5.74) is 0. The van der Waals surface area contributed by atoms with Gasteiger partial charge in [0.25, 0.3) is 0 Å². The average molecular weight is 348 g/mol. The maximum absolute atomic E-state index is 12.0. The highest BCUT2D eigenvalue weighted by Gasteiger charge is 2.18. The van der Waals surface area contributed by atoms with Crippen LogP contribution < -0.4 is 10.0 Å². The maximum Gasteiger partial charge on any atom is 0.233 e. The molecule has 2 heterocycles. The third kappa shape index (κ3) is 4.74. The maximum atomic E-state index is 12.0. The Morgan fingerprint density at radius 2 is 2.32 bits per heavy atom. The largest absolute Gasteiger partial charge is 0.314 e. The fourth-order valence-electron chi connectivity index (χ4n) is 2.13. The van der Waals surface area contributed by atoms with E-state index in [4.69, 9.17) is 0 Å². The van der Waals surface area contributed by atoms with Gasteiger partial charge in [0.2, 0.25) is 10.0 Å². The average Bonchev–Trinajstić information content (AvgIpc) is 2.40. The van der Waals surface area contributed by atoms with Crippen molar-refractivity contribution < 1.29 is 8.42 Å². The second-order valence-corrected chi connectivity index (χ2v) is 7.39. The second kappa shape index (κ2) is 6.67. The fourth-order valence-corrected chi connectivity index (χ4v) is 3.77. The van der Waals surface area contributed by atoms with Crippen molar-refractivity contribution in [1.82, 2.24) is 10.3 Å². The van der Waals surface area contributed by atoms with Gasteiger partial charge >= 0.3 is 0 Å². The first-order chi connectivity index (χ1) is 9.07. The van der Waals surface area contributed by atoms with E-state index in [0.717, 1.165) is 13.0 Å². The first-order valence-electron chi connectivity index (χ1n) is 6.41. The number of rotatable bonds is 5. The van der Waals surface area contributed by atoms with Crippen LogP contribution >= 0.6 is 15.9 Å². The van der Waals surface area contributed by atoms with Gasteiger partial charge in [0.15, 0.2) is 5.82 Å². The van der Waals surface area contributed by atoms with E-state index >= 15 is 0 Å². The molecule has 1 unspecified atom stereocenters. The molecule has 0 aromatic carbocycles. The first kappa shape index (κ1) is 14.7. The van der Waals surface area contributed by atoms with E-state index in [1.807, 2.05) is 0 Å². The highest BCUT2D eigenvalue weighted by molar-refractivity contribution is 9.10. The van der Waals surface area contributed by atoms with Crippen molar-refractivity contribution in [3.05, 3.63) is 22.8 Å². The lowest BCUT2D eigenvalue weighted by Gasteiger charge is -2.23. The molecule has 5 nitrogen and oxygen atoms in total. The summed E-state index contributed by atoms with van der Waals surface area (Å²) >= 11 is 3.27. The molecule has 2 rings (SSSR count). The molecule has 1 aliphatic heterocycles. The van der Waals surface area contributed by atoms with Crippen molar-refractivity contribution in [3.63, 3.8) is 0 Å². The summed E-state index contributed by atoms with van der Waals surface area (Å²) in [7, 11) is -3.34. The minimum absolute atomic E-state index is 0.119. The summed E-state index contributed by atoms with van der Waals surface area (Å²) in [5.74, 6) is 0.465. The van der Waals surface area contributed by atoms with Gasteiger partial charge in [-0.1, -0.05) is 6.42 Å². The molecule has 0 saturated carbocycles. The number of hydrogen-bond donors (Lipinski definition) is 2. The van der Waals surface area contributed by atoms with Crippen molar-refractivity contribution in [2.45, 2.75) is 31.7 Å². The molecule has 106 valence electrons. The van der Waals surface area contributed by atoms with E-state index in [1.165, 1.54) is 12.8 Å². The molecule has 1 fully saturated rings. The predicted octanol–water partition coefficient (Wildman–Crippen LogP) is 2.12. The number of nitrogens with zero attached hydrogens (tertiary/aromatic N) is 1. The SMILES string of the molecule is O=S(=O)(CCC1CCCCN1)Nc1ncccc1Br. The molecule has 1 aromatic heterocycles. The molecule has 19 heavy (non-hydrogen) atoms. The highest BCUT2D eigenvalue weighted by atomic mass is 79.9. The molecule has 1 atom stereocenters. The Bertz CT molecular complexity index is 515. The van der Waals surface area contributed by atoms with Crippen LogP contribution in [0.2, 0.25) is 0 Å². The Labute approximate surface area is 122 Å². The standard InChI is InChI=1S/C12H18BrN3O2S/c13-11-5-3-8-15-12(11)16-19(17,18)9-6-10-4-1-2-7-14-10/h3,5,8,10,14H,1-2,4,6-7,9H2,(H,15,16). The van der Waals surface area contributed by atoms with Crippen LogP contribution in [-0.2, 0) is 10.0 Å². The summed E-state index contributed by atoms with van der Waals surface area (Å²) in [6.45, 7) is 0.990. The highest BCUT2D eigenvalue weighted by Crippen LogP contribution is 2.20. The van der Waals surface area contributed by atoms with E-state index in [2.05, 4.69) is 31.0 Å². The third-order valence-electron chi connectivity index (χ3n) is 3.16. The molecule has 0 amide bonds. The Hall–Kier alpha value is -0.660. The topological polar surface area (TPSA) is 71.1 Å². The van der Waals surface area contributed by atoms with Crippen LogP contribution in [0.5, 0.6) is 0 Å². The number of hydrogen-bond acceptors (Lipinski definition) is 4. The van der Waals surface area contributed by atoms with Gasteiger partial charge in [0, 0.05) is 12.2 Å². The van der Waals surface area contributed by atoms with Crippen LogP contribution in [0.15, 0.2) is 22.8 Å². The lowest BCUT2D eigenvalue weighted by atomic mass is 10.0. The van der Waals surface area contributed by atoms with Gasteiger partial charge in [-0.2, -0.15) is 0 Å². The molecule has 0 bridgehead atoms. The van der Waals surface area contributed by atoms with Gasteiger partial charge in [0.05, 0.1) is 10.2 Å². The molecule has 0 radical (unpaired) electrons. The van der Waals surface area contributed by atoms with E-state index in [0.29, 0.717) is 22.8 Å². The van der Waals surface area contributed by atoms with Crippen molar-refractivity contribution in [1.29, 1.82) is 0 Å². The van der Waals surface area contributed by atoms with Crippen molar-refractivity contribution in [2.75, 3.05) is 17.0 Å². The van der Waals surface area contributed by atoms with Crippen molar-refractivity contribution in [2.24, 2.45) is 0 Å². The summed E-state index contributed by atoms with van der Waals surface area (Å²) in [5, 5.41) is 3.35. The zero-order chi connectivity index (χ0) is 13.7. The third-order valence-corrected chi connectivity index (χ3v) is 5.08. The van der Waals surface area contributed by atoms with Crippen LogP contribution in [-0.4, -0.2) is 31.7 Å². The Morgan fingerprint density at radius 3 is 3.00 bits per heavy atom. The first-order valence-corrected chi connectivity index (χ1v) is 8.86. The smallest absolute Gasteiger partial charge is 0.233 e. The summed E-state index contributed by atoms with van der Waals surface area (Å²) in [6.07, 6.45) is 5.62. The monoisotopic (exact) mass is 347 g/mol. The fraction of sp³-hybridized carbons (Fsp3) is 0.583. The summed E-state index contributed by atoms with van der Waals surface area (Å²) < 4.78 is 27.2. The predicted molar refractivity (Wildman–Crippen MR) is 79.6 cm³/mol. The normalized spacial score (nSPS) is 20.2. The lowest BCUT2D eigenvalue weighted by molar-refractivity contribution is 0.393. The molecule has 1 saturated heterocycles. The summed E-state index contributed by atoms with van der Waals surface area (Å²) in [6, 6.07) is 3.82. The van der Waals surface area contributed by atoms with Crippen LogP contribution in [0.1, 0.15) is 25.7 Å². The molecule has 1 aliphatic rings. The van der Waals surface area contributed by atoms with Gasteiger partial charge in [-0.3, -0.25) is 4.72 Å². The van der Waals surface area contributed by atoms with Gasteiger partial charge in [-0.05, 0) is 53.9 Å². The van der Waals surface area contributed by atoms with E-state index in [-0.39, 0.29) is 5.75 Å². The van der Waals surface area contributed by atoms with Crippen LogP contribution in [0, 0.1) is 0 Å². The number of piperidine rings is 1. The van der Waals surface area contributed by atoms with E-state index < -0.39 is 10.0 Å². The van der Waals surface area contributed by atoms with Crippen molar-refractivity contribution in [3.8, 4) is 0 Å². The number of aromatic nitrogens is 1. The second-order valence-electron chi connectivity index (χ2n) is 4.69. The number of anilines is 1. The van der Waals surface area contributed by atoms with Crippen LogP contribution in [0.25, 0.3) is 0 Å². The molecular formula is C12H18BrN3O2S. The molecule has 0 spiro atoms. The minimum atomic E-state index is -3.34. The molecule has 1 aromatic rings. The van der Waals surface area contributed by atoms with E-state index in [1.54, 1.807) is 18.3 Å². The van der Waals surface area contributed by atoms with Crippen LogP contribution in [0.4, 0.5) is 5.82 Å². The Morgan fingerprint density at radius 1 is 1.47 bits per heavy atom. The lowest BCUT2D eigenvalue weighted by Crippen LogP contribution is -2.36. The van der Waals surface area contributed by atoms with E-state index in [9.17, 15) is 8.42 Å². The number of pyridine rings is 1. The zero-order valence-electron chi connectivity index (χ0n) is 10.6.